The van der Waals surface area contributed by atoms with E-state index >= 15 is 0 Å². The molecule has 3 aromatic rings. The summed E-state index contributed by atoms with van der Waals surface area (Å²) >= 11 is 0. The Morgan fingerprint density at radius 1 is 0.833 bits per heavy atom. The van der Waals surface area contributed by atoms with Gasteiger partial charge >= 0.3 is 0 Å². The highest BCUT2D eigenvalue weighted by Crippen LogP contribution is 2.20. The summed E-state index contributed by atoms with van der Waals surface area (Å²) in [4.78, 5) is 24.1. The van der Waals surface area contributed by atoms with Crippen molar-refractivity contribution in [3.8, 4) is 11.5 Å². The molecule has 0 saturated heterocycles. The van der Waals surface area contributed by atoms with Gasteiger partial charge in [-0.3, -0.25) is 20.4 Å². The molecule has 0 saturated carbocycles. The largest absolute Gasteiger partial charge is 0.494 e. The first-order chi connectivity index (χ1) is 14.5. The number of fused-ring (bicyclic) bond motifs is 1. The minimum atomic E-state index is -0.454. The van der Waals surface area contributed by atoms with E-state index in [4.69, 9.17) is 9.47 Å². The van der Waals surface area contributed by atoms with Crippen LogP contribution >= 0.6 is 0 Å². The maximum Gasteiger partial charge on any atom is 0.276 e. The maximum atomic E-state index is 12.2. The minimum Gasteiger partial charge on any atom is -0.494 e. The van der Waals surface area contributed by atoms with E-state index < -0.39 is 11.8 Å². The molecular formula is C24H26N2O4. The van der Waals surface area contributed by atoms with Gasteiger partial charge < -0.3 is 9.47 Å². The molecule has 30 heavy (non-hydrogen) atoms. The normalized spacial score (nSPS) is 10.6. The summed E-state index contributed by atoms with van der Waals surface area (Å²) < 4.78 is 11.1. The van der Waals surface area contributed by atoms with Gasteiger partial charge in [0.05, 0.1) is 6.61 Å². The first-order valence-corrected chi connectivity index (χ1v) is 9.95. The van der Waals surface area contributed by atoms with Crippen LogP contribution in [0.5, 0.6) is 11.5 Å². The van der Waals surface area contributed by atoms with Crippen molar-refractivity contribution in [2.45, 2.75) is 20.3 Å². The first kappa shape index (κ1) is 21.2. The quantitative estimate of drug-likeness (QED) is 0.552. The third-order valence-corrected chi connectivity index (χ3v) is 4.49. The van der Waals surface area contributed by atoms with Gasteiger partial charge in [0.2, 0.25) is 0 Å². The van der Waals surface area contributed by atoms with Crippen LogP contribution in [0.4, 0.5) is 0 Å². The van der Waals surface area contributed by atoms with Crippen molar-refractivity contribution in [1.82, 2.24) is 10.9 Å². The van der Waals surface area contributed by atoms with Gasteiger partial charge in [-0.25, -0.2) is 0 Å². The minimum absolute atomic E-state index is 0.207. The highest BCUT2D eigenvalue weighted by Gasteiger charge is 2.09. The topological polar surface area (TPSA) is 76.7 Å². The van der Waals surface area contributed by atoms with Crippen LogP contribution in [0.3, 0.4) is 0 Å². The van der Waals surface area contributed by atoms with E-state index in [-0.39, 0.29) is 6.61 Å². The number of hydrazine groups is 1. The Labute approximate surface area is 176 Å². The second-order valence-corrected chi connectivity index (χ2v) is 7.36. The zero-order valence-electron chi connectivity index (χ0n) is 17.2. The fraction of sp³-hybridized carbons (Fsp3) is 0.250. The maximum absolute atomic E-state index is 12.2. The van der Waals surface area contributed by atoms with Gasteiger partial charge in [-0.15, -0.1) is 0 Å². The molecule has 2 N–H and O–H groups in total. The molecule has 0 aliphatic rings. The third-order valence-electron chi connectivity index (χ3n) is 4.49. The molecule has 0 spiro atoms. The SMILES string of the molecule is CC(C)CCOc1ccc(C(=O)NNC(=O)COc2ccc3ccccc3c2)cc1. The number of benzene rings is 3. The summed E-state index contributed by atoms with van der Waals surface area (Å²) in [6, 6.07) is 20.3. The number of hydrogen-bond acceptors (Lipinski definition) is 4. The van der Waals surface area contributed by atoms with E-state index in [1.165, 1.54) is 0 Å². The summed E-state index contributed by atoms with van der Waals surface area (Å²) in [5.74, 6) is 1.00. The smallest absolute Gasteiger partial charge is 0.276 e. The van der Waals surface area contributed by atoms with Crippen molar-refractivity contribution in [3.05, 3.63) is 72.3 Å². The van der Waals surface area contributed by atoms with Gasteiger partial charge in [0, 0.05) is 5.56 Å². The van der Waals surface area contributed by atoms with Crippen LogP contribution in [0.1, 0.15) is 30.6 Å². The number of amides is 2. The summed E-state index contributed by atoms with van der Waals surface area (Å²) in [5, 5.41) is 2.12. The van der Waals surface area contributed by atoms with E-state index in [1.54, 1.807) is 30.3 Å². The van der Waals surface area contributed by atoms with Crippen molar-refractivity contribution >= 4 is 22.6 Å². The van der Waals surface area contributed by atoms with Gasteiger partial charge in [0.25, 0.3) is 11.8 Å². The van der Waals surface area contributed by atoms with Gasteiger partial charge in [-0.1, -0.05) is 44.2 Å². The van der Waals surface area contributed by atoms with Crippen LogP contribution in [-0.4, -0.2) is 25.0 Å². The molecule has 0 aliphatic heterocycles. The Balaban J connectivity index is 1.42. The Morgan fingerprint density at radius 3 is 2.27 bits per heavy atom. The summed E-state index contributed by atoms with van der Waals surface area (Å²) in [6.45, 7) is 4.70. The van der Waals surface area contributed by atoms with Crippen molar-refractivity contribution in [2.24, 2.45) is 5.92 Å². The van der Waals surface area contributed by atoms with Crippen LogP contribution in [0.15, 0.2) is 66.7 Å². The number of ether oxygens (including phenoxy) is 2. The van der Waals surface area contributed by atoms with E-state index in [0.717, 1.165) is 17.2 Å². The summed E-state index contributed by atoms with van der Waals surface area (Å²) in [5.41, 5.74) is 5.16. The highest BCUT2D eigenvalue weighted by atomic mass is 16.5. The molecule has 2 amide bonds. The Bertz CT molecular complexity index is 1000. The number of carbonyl (C=O) groups is 2. The van der Waals surface area contributed by atoms with Crippen LogP contribution in [-0.2, 0) is 4.79 Å². The van der Waals surface area contributed by atoms with E-state index in [1.807, 2.05) is 36.4 Å². The molecular weight excluding hydrogens is 380 g/mol. The van der Waals surface area contributed by atoms with Gasteiger partial charge in [-0.2, -0.15) is 0 Å². The highest BCUT2D eigenvalue weighted by molar-refractivity contribution is 5.95. The summed E-state index contributed by atoms with van der Waals surface area (Å²) in [7, 11) is 0. The first-order valence-electron chi connectivity index (χ1n) is 9.95. The lowest BCUT2D eigenvalue weighted by molar-refractivity contribution is -0.123. The molecule has 3 aromatic carbocycles. The molecule has 156 valence electrons. The lowest BCUT2D eigenvalue weighted by Gasteiger charge is -2.10. The Hall–Kier alpha value is -3.54. The van der Waals surface area contributed by atoms with Gasteiger partial charge in [0.1, 0.15) is 11.5 Å². The van der Waals surface area contributed by atoms with Crippen molar-refractivity contribution in [2.75, 3.05) is 13.2 Å². The molecule has 0 radical (unpaired) electrons. The average Bonchev–Trinajstić information content (AvgIpc) is 2.76. The van der Waals surface area contributed by atoms with Crippen LogP contribution in [0, 0.1) is 5.92 Å². The second-order valence-electron chi connectivity index (χ2n) is 7.36. The van der Waals surface area contributed by atoms with Crippen molar-refractivity contribution < 1.29 is 19.1 Å². The predicted octanol–water partition coefficient (Wildman–Crippen LogP) is 4.10. The van der Waals surface area contributed by atoms with E-state index in [2.05, 4.69) is 24.7 Å². The number of hydrogen-bond donors (Lipinski definition) is 2. The molecule has 0 aromatic heterocycles. The molecule has 3 rings (SSSR count). The molecule has 0 atom stereocenters. The standard InChI is InChI=1S/C24H26N2O4/c1-17(2)13-14-29-21-10-8-19(9-11-21)24(28)26-25-23(27)16-30-22-12-7-18-5-3-4-6-20(18)15-22/h3-12,15,17H,13-14,16H2,1-2H3,(H,25,27)(H,26,28). The monoisotopic (exact) mass is 406 g/mol. The number of rotatable bonds is 8. The van der Waals surface area contributed by atoms with Gasteiger partial charge in [-0.05, 0) is 59.5 Å². The molecule has 0 bridgehead atoms. The molecule has 0 fully saturated rings. The Kier molecular flexibility index (Phi) is 7.27. The zero-order valence-corrected chi connectivity index (χ0v) is 17.2. The van der Waals surface area contributed by atoms with Crippen LogP contribution in [0.25, 0.3) is 10.8 Å². The van der Waals surface area contributed by atoms with E-state index in [9.17, 15) is 9.59 Å². The molecule has 0 unspecified atom stereocenters. The predicted molar refractivity (Wildman–Crippen MR) is 116 cm³/mol. The summed E-state index contributed by atoms with van der Waals surface area (Å²) in [6.07, 6.45) is 0.968. The number of carbonyl (C=O) groups excluding carboxylic acids is 2. The van der Waals surface area contributed by atoms with Crippen LogP contribution in [0.2, 0.25) is 0 Å². The molecule has 6 heteroatoms. The average molecular weight is 406 g/mol. The van der Waals surface area contributed by atoms with Crippen LogP contribution < -0.4 is 20.3 Å². The molecule has 6 nitrogen and oxygen atoms in total. The van der Waals surface area contributed by atoms with Crippen molar-refractivity contribution in [3.63, 3.8) is 0 Å². The number of nitrogens with one attached hydrogen (secondary N) is 2. The fourth-order valence-electron chi connectivity index (χ4n) is 2.76. The fourth-order valence-corrected chi connectivity index (χ4v) is 2.76. The van der Waals surface area contributed by atoms with Gasteiger partial charge in [0.15, 0.2) is 6.61 Å². The zero-order chi connectivity index (χ0) is 21.3. The lowest BCUT2D eigenvalue weighted by Crippen LogP contribution is -2.43. The second kappa shape index (κ2) is 10.3. The molecule has 0 aliphatic carbocycles. The molecule has 0 heterocycles. The van der Waals surface area contributed by atoms with Crippen molar-refractivity contribution in [1.29, 1.82) is 0 Å². The van der Waals surface area contributed by atoms with E-state index in [0.29, 0.717) is 29.6 Å². The Morgan fingerprint density at radius 2 is 1.53 bits per heavy atom. The third kappa shape index (κ3) is 6.24. The lowest BCUT2D eigenvalue weighted by atomic mass is 10.1.